The van der Waals surface area contributed by atoms with Crippen molar-refractivity contribution in [3.63, 3.8) is 0 Å². The number of aromatic nitrogens is 2. The number of anilines is 2. The molecule has 0 radical (unpaired) electrons. The van der Waals surface area contributed by atoms with Crippen LogP contribution in [-0.4, -0.2) is 97.4 Å². The zero-order valence-corrected chi connectivity index (χ0v) is 26.6. The van der Waals surface area contributed by atoms with Gasteiger partial charge in [0.25, 0.3) is 5.91 Å². The monoisotopic (exact) mass is 651 g/mol. The molecular formula is C33H36ClF2N7O3. The molecule has 1 aromatic heterocycles. The van der Waals surface area contributed by atoms with Crippen molar-refractivity contribution < 1.29 is 23.0 Å². The van der Waals surface area contributed by atoms with Crippen LogP contribution < -0.4 is 14.5 Å². The Morgan fingerprint density at radius 3 is 2.72 bits per heavy atom. The lowest BCUT2D eigenvalue weighted by Gasteiger charge is -2.42. The summed E-state index contributed by atoms with van der Waals surface area (Å²) in [6.45, 7) is 6.22. The molecule has 0 aliphatic carbocycles. The molecule has 1 amide bonds. The summed E-state index contributed by atoms with van der Waals surface area (Å²) in [5.41, 5.74) is 2.50. The Labute approximate surface area is 271 Å². The molecule has 10 nitrogen and oxygen atoms in total. The Morgan fingerprint density at radius 1 is 1.15 bits per heavy atom. The van der Waals surface area contributed by atoms with Gasteiger partial charge in [-0.2, -0.15) is 15.2 Å². The minimum Gasteiger partial charge on any atom is -0.462 e. The van der Waals surface area contributed by atoms with Crippen LogP contribution >= 0.6 is 11.6 Å². The molecule has 2 aromatic carbocycles. The molecule has 0 saturated carbocycles. The number of hydrogen-bond acceptors (Lipinski definition) is 9. The van der Waals surface area contributed by atoms with Crippen molar-refractivity contribution in [1.82, 2.24) is 19.8 Å². The van der Waals surface area contributed by atoms with Crippen molar-refractivity contribution in [3.05, 3.63) is 64.8 Å². The number of carbonyl (C=O) groups is 1. The van der Waals surface area contributed by atoms with Crippen LogP contribution in [0, 0.1) is 17.1 Å². The van der Waals surface area contributed by atoms with Crippen LogP contribution in [-0.2, 0) is 22.5 Å². The van der Waals surface area contributed by atoms with Crippen LogP contribution in [0.4, 0.5) is 20.3 Å². The molecule has 3 aromatic rings. The van der Waals surface area contributed by atoms with Gasteiger partial charge in [-0.3, -0.25) is 9.69 Å². The van der Waals surface area contributed by atoms with Crippen LogP contribution in [0.3, 0.4) is 0 Å². The maximum absolute atomic E-state index is 14.6. The molecule has 2 saturated heterocycles. The van der Waals surface area contributed by atoms with E-state index in [1.165, 1.54) is 11.0 Å². The van der Waals surface area contributed by atoms with E-state index in [0.29, 0.717) is 43.9 Å². The highest BCUT2D eigenvalue weighted by atomic mass is 35.5. The number of likely N-dealkylation sites (N-methyl/N-ethyl adjacent to an activating group) is 1. The molecule has 3 atom stereocenters. The van der Waals surface area contributed by atoms with E-state index in [2.05, 4.69) is 22.4 Å². The zero-order chi connectivity index (χ0) is 32.5. The number of methoxy groups -OCH3 is 1. The third-order valence-electron chi connectivity index (χ3n) is 9.27. The molecule has 46 heavy (non-hydrogen) atoms. The van der Waals surface area contributed by atoms with Gasteiger partial charge in [0.1, 0.15) is 18.2 Å². The first-order valence-corrected chi connectivity index (χ1v) is 15.7. The normalized spacial score (nSPS) is 21.7. The topological polar surface area (TPSA) is 98.1 Å². The van der Waals surface area contributed by atoms with Crippen LogP contribution in [0.25, 0.3) is 10.8 Å². The maximum atomic E-state index is 14.6. The number of nitriles is 1. The van der Waals surface area contributed by atoms with E-state index < -0.39 is 23.6 Å². The fourth-order valence-corrected chi connectivity index (χ4v) is 7.06. The summed E-state index contributed by atoms with van der Waals surface area (Å²) < 4.78 is 40.2. The molecule has 0 N–H and O–H groups in total. The van der Waals surface area contributed by atoms with Crippen molar-refractivity contribution >= 4 is 39.8 Å². The van der Waals surface area contributed by atoms with E-state index in [1.54, 1.807) is 13.2 Å². The highest BCUT2D eigenvalue weighted by Crippen LogP contribution is 2.38. The molecule has 13 heteroatoms. The number of hydrogen-bond donors (Lipinski definition) is 0. The van der Waals surface area contributed by atoms with Gasteiger partial charge in [0.15, 0.2) is 5.83 Å². The Kier molecular flexibility index (Phi) is 9.27. The van der Waals surface area contributed by atoms with Gasteiger partial charge in [0.05, 0.1) is 41.9 Å². The summed E-state index contributed by atoms with van der Waals surface area (Å²) in [6, 6.07) is 10.8. The molecule has 3 aliphatic rings. The van der Waals surface area contributed by atoms with Crippen molar-refractivity contribution in [3.8, 4) is 12.1 Å². The number of benzene rings is 2. The van der Waals surface area contributed by atoms with E-state index in [-0.39, 0.29) is 42.7 Å². The van der Waals surface area contributed by atoms with Crippen molar-refractivity contribution in [2.24, 2.45) is 0 Å². The summed E-state index contributed by atoms with van der Waals surface area (Å²) in [5, 5.41) is 11.1. The van der Waals surface area contributed by atoms with Crippen LogP contribution in [0.2, 0.25) is 5.02 Å². The van der Waals surface area contributed by atoms with Gasteiger partial charge >= 0.3 is 6.01 Å². The van der Waals surface area contributed by atoms with Gasteiger partial charge in [-0.25, -0.2) is 8.78 Å². The lowest BCUT2D eigenvalue weighted by molar-refractivity contribution is -0.131. The van der Waals surface area contributed by atoms with Crippen molar-refractivity contribution in [2.75, 3.05) is 63.3 Å². The van der Waals surface area contributed by atoms with E-state index >= 15 is 0 Å². The predicted octanol–water partition coefficient (Wildman–Crippen LogP) is 4.50. The minimum absolute atomic E-state index is 0.0347. The molecule has 4 heterocycles. The highest BCUT2D eigenvalue weighted by molar-refractivity contribution is 6.36. The largest absolute Gasteiger partial charge is 0.462 e. The molecule has 6 rings (SSSR count). The quantitative estimate of drug-likeness (QED) is 0.326. The van der Waals surface area contributed by atoms with Gasteiger partial charge in [-0.1, -0.05) is 36.4 Å². The van der Waals surface area contributed by atoms with Gasteiger partial charge in [-0.05, 0) is 37.4 Å². The van der Waals surface area contributed by atoms with Crippen LogP contribution in [0.1, 0.15) is 24.1 Å². The fraction of sp³-hybridized carbons (Fsp3) is 0.455. The second-order valence-electron chi connectivity index (χ2n) is 12.0. The van der Waals surface area contributed by atoms with E-state index in [9.17, 15) is 18.8 Å². The summed E-state index contributed by atoms with van der Waals surface area (Å²) in [7, 11) is 3.74. The number of fused-ring (bicyclic) bond motifs is 2. The van der Waals surface area contributed by atoms with Crippen molar-refractivity contribution in [1.29, 1.82) is 5.26 Å². The van der Waals surface area contributed by atoms with Gasteiger partial charge in [0, 0.05) is 62.5 Å². The average molecular weight is 652 g/mol. The molecule has 0 unspecified atom stereocenters. The summed E-state index contributed by atoms with van der Waals surface area (Å²) in [5.74, 6) is -1.66. The SMILES string of the molecule is C=C(F)C(=O)N1CCN(c2nc(OC[C@@H]3C[C@@H](OC)CN3C)nc3c2CCN(c2cccc4ccc(F)c(Cl)c24)C3)C[C@@H]1CC#N. The summed E-state index contributed by atoms with van der Waals surface area (Å²) in [6.07, 6.45) is 1.56. The zero-order valence-electron chi connectivity index (χ0n) is 25.9. The van der Waals surface area contributed by atoms with Crippen LogP contribution in [0.5, 0.6) is 6.01 Å². The third kappa shape index (κ3) is 6.19. The number of nitrogens with zero attached hydrogens (tertiary/aromatic N) is 7. The Bertz CT molecular complexity index is 1700. The number of carbonyl (C=O) groups excluding carboxylic acids is 1. The molecule has 242 valence electrons. The number of ether oxygens (including phenoxy) is 2. The van der Waals surface area contributed by atoms with Crippen LogP contribution in [0.15, 0.2) is 42.7 Å². The second kappa shape index (κ2) is 13.4. The molecule has 0 spiro atoms. The smallest absolute Gasteiger partial charge is 0.318 e. The van der Waals surface area contributed by atoms with E-state index in [0.717, 1.165) is 35.3 Å². The Balaban J connectivity index is 1.34. The lowest BCUT2D eigenvalue weighted by atomic mass is 10.0. The lowest BCUT2D eigenvalue weighted by Crippen LogP contribution is -2.55. The fourth-order valence-electron chi connectivity index (χ4n) is 6.79. The highest BCUT2D eigenvalue weighted by Gasteiger charge is 2.35. The summed E-state index contributed by atoms with van der Waals surface area (Å²) in [4.78, 5) is 30.0. The Morgan fingerprint density at radius 2 is 1.98 bits per heavy atom. The first kappa shape index (κ1) is 31.9. The number of rotatable bonds is 8. The van der Waals surface area contributed by atoms with E-state index in [4.69, 9.17) is 31.0 Å². The van der Waals surface area contributed by atoms with E-state index in [1.807, 2.05) is 30.1 Å². The van der Waals surface area contributed by atoms with Gasteiger partial charge in [0.2, 0.25) is 0 Å². The standard InChI is InChI=1S/C33H36ClF2N7O3/c1-20(35)32(44)43-14-13-42(16-22(43)9-11-37)31-25-10-12-41(28-6-4-5-21-7-8-26(36)30(34)29(21)28)18-27(25)38-33(39-31)46-19-23-15-24(45-3)17-40(23)2/h4-8,22-24H,1,9-10,12-19H2,2-3H3/t22-,23-,24+/m0/s1. The van der Waals surface area contributed by atoms with Crippen molar-refractivity contribution in [2.45, 2.75) is 44.0 Å². The minimum atomic E-state index is -1.05. The van der Waals surface area contributed by atoms with Gasteiger partial charge in [-0.15, -0.1) is 0 Å². The number of halogens is 3. The molecule has 3 aliphatic heterocycles. The summed E-state index contributed by atoms with van der Waals surface area (Å²) >= 11 is 6.48. The second-order valence-corrected chi connectivity index (χ2v) is 12.4. The molecular weight excluding hydrogens is 616 g/mol. The molecule has 2 fully saturated rings. The average Bonchev–Trinajstić information content (AvgIpc) is 3.43. The third-order valence-corrected chi connectivity index (χ3v) is 9.64. The predicted molar refractivity (Wildman–Crippen MR) is 171 cm³/mol. The number of piperazine rings is 1. The number of likely N-dealkylation sites (tertiary alicyclic amines) is 1. The van der Waals surface area contributed by atoms with Gasteiger partial charge < -0.3 is 24.2 Å². The number of amides is 1. The first-order valence-electron chi connectivity index (χ1n) is 15.3. The molecule has 0 bridgehead atoms. The first-order chi connectivity index (χ1) is 22.2. The maximum Gasteiger partial charge on any atom is 0.318 e. The Hall–Kier alpha value is -4.05.